The molecule has 0 unspecified atom stereocenters. The fraction of sp³-hybridized carbons (Fsp3) is 0.905. The molecule has 1 heterocycles. The Kier molecular flexibility index (Phi) is 2.93. The average Bonchev–Trinajstić information content (AvgIpc) is 3.21. The summed E-state index contributed by atoms with van der Waals surface area (Å²) in [5.41, 5.74) is -0.0313. The second-order valence-corrected chi connectivity index (χ2v) is 9.99. The highest BCUT2D eigenvalue weighted by Gasteiger charge is 2.79. The first-order chi connectivity index (χ1) is 11.3. The molecule has 5 rings (SSSR count). The average molecular weight is 330 g/mol. The van der Waals surface area contributed by atoms with E-state index in [1.165, 1.54) is 19.3 Å². The number of rotatable bonds is 1. The van der Waals surface area contributed by atoms with E-state index >= 15 is 0 Å². The second kappa shape index (κ2) is 4.52. The molecule has 3 nitrogen and oxygen atoms in total. The van der Waals surface area contributed by atoms with Crippen molar-refractivity contribution < 1.29 is 14.3 Å². The molecule has 0 N–H and O–H groups in total. The van der Waals surface area contributed by atoms with E-state index in [9.17, 15) is 9.59 Å². The topological polar surface area (TPSA) is 46.7 Å². The molecule has 1 aliphatic heterocycles. The number of fused-ring (bicyclic) bond motifs is 7. The Balaban J connectivity index is 1.48. The third kappa shape index (κ3) is 1.59. The van der Waals surface area contributed by atoms with Crippen LogP contribution in [0.5, 0.6) is 0 Å². The first-order valence-electron chi connectivity index (χ1n) is 10.0. The van der Waals surface area contributed by atoms with Crippen LogP contribution >= 0.6 is 0 Å². The fourth-order valence-electron chi connectivity index (χ4n) is 8.11. The van der Waals surface area contributed by atoms with Crippen molar-refractivity contribution >= 4 is 11.6 Å². The summed E-state index contributed by atoms with van der Waals surface area (Å²) in [5, 5.41) is 0. The Morgan fingerprint density at radius 2 is 1.92 bits per heavy atom. The van der Waals surface area contributed by atoms with Crippen molar-refractivity contribution in [1.82, 2.24) is 0 Å². The van der Waals surface area contributed by atoms with E-state index in [0.29, 0.717) is 23.0 Å². The van der Waals surface area contributed by atoms with Gasteiger partial charge >= 0.3 is 0 Å². The maximum absolute atomic E-state index is 12.4. The van der Waals surface area contributed by atoms with Crippen LogP contribution in [0.25, 0.3) is 0 Å². The Hall–Kier alpha value is -0.700. The number of carbonyl (C=O) groups excluding carboxylic acids is 2. The number of ketones is 2. The van der Waals surface area contributed by atoms with E-state index in [1.807, 2.05) is 0 Å². The minimum atomic E-state index is -0.442. The number of hydrogen-bond acceptors (Lipinski definition) is 3. The number of carbonyl (C=O) groups is 2. The molecule has 5 fully saturated rings. The zero-order chi connectivity index (χ0) is 16.9. The molecule has 132 valence electrons. The molecule has 8 atom stereocenters. The highest BCUT2D eigenvalue weighted by molar-refractivity contribution is 5.90. The van der Waals surface area contributed by atoms with Crippen molar-refractivity contribution in [2.45, 2.75) is 83.8 Å². The smallest absolute Gasteiger partial charge is 0.164 e. The molecular formula is C21H30O3. The molecule has 4 saturated carbocycles. The molecule has 0 aromatic rings. The Bertz CT molecular complexity index is 627. The van der Waals surface area contributed by atoms with E-state index in [0.717, 1.165) is 43.9 Å². The highest BCUT2D eigenvalue weighted by atomic mass is 16.6. The van der Waals surface area contributed by atoms with Gasteiger partial charge in [0.25, 0.3) is 0 Å². The molecular weight excluding hydrogens is 300 g/mol. The Morgan fingerprint density at radius 1 is 1.12 bits per heavy atom. The minimum absolute atomic E-state index is 0.0539. The summed E-state index contributed by atoms with van der Waals surface area (Å²) in [6.07, 6.45) is 8.84. The van der Waals surface area contributed by atoms with Crippen LogP contribution in [0.2, 0.25) is 0 Å². The predicted octanol–water partition coefficient (Wildman–Crippen LogP) is 3.93. The first-order valence-corrected chi connectivity index (χ1v) is 10.0. The van der Waals surface area contributed by atoms with Gasteiger partial charge in [-0.05, 0) is 74.5 Å². The number of epoxide rings is 1. The standard InChI is InChI=1S/C21H30O3/c1-12(22)21-18(24-21)11-17-15-5-4-13-10-14(23)6-8-19(13,2)16(15)7-9-20(17,21)3/h13,15-18H,4-11H2,1-3H3/t13-,15+,16+,17+,18-,19-,20+,21-/m0/s1. The third-order valence-corrected chi connectivity index (χ3v) is 9.44. The zero-order valence-corrected chi connectivity index (χ0v) is 15.3. The lowest BCUT2D eigenvalue weighted by molar-refractivity contribution is -0.151. The summed E-state index contributed by atoms with van der Waals surface area (Å²) >= 11 is 0. The molecule has 0 bridgehead atoms. The van der Waals surface area contributed by atoms with Crippen LogP contribution in [0, 0.1) is 34.5 Å². The number of ether oxygens (including phenoxy) is 1. The van der Waals surface area contributed by atoms with Crippen molar-refractivity contribution in [3.8, 4) is 0 Å². The lowest BCUT2D eigenvalue weighted by Crippen LogP contribution is -2.56. The van der Waals surface area contributed by atoms with E-state index in [1.54, 1.807) is 6.92 Å². The number of hydrogen-bond donors (Lipinski definition) is 0. The van der Waals surface area contributed by atoms with Crippen LogP contribution in [0.1, 0.15) is 72.1 Å². The molecule has 0 aromatic carbocycles. The third-order valence-electron chi connectivity index (χ3n) is 9.44. The molecule has 0 aromatic heterocycles. The molecule has 1 saturated heterocycles. The van der Waals surface area contributed by atoms with Gasteiger partial charge in [-0.1, -0.05) is 13.8 Å². The normalized spacial score (nSPS) is 58.3. The van der Waals surface area contributed by atoms with Crippen LogP contribution < -0.4 is 0 Å². The maximum Gasteiger partial charge on any atom is 0.164 e. The van der Waals surface area contributed by atoms with Gasteiger partial charge in [0.1, 0.15) is 5.78 Å². The monoisotopic (exact) mass is 330 g/mol. The van der Waals surface area contributed by atoms with Crippen molar-refractivity contribution in [2.24, 2.45) is 34.5 Å². The Morgan fingerprint density at radius 3 is 2.67 bits per heavy atom. The van der Waals surface area contributed by atoms with Gasteiger partial charge in [0.05, 0.1) is 6.10 Å². The molecule has 0 spiro atoms. The molecule has 5 aliphatic rings. The summed E-state index contributed by atoms with van der Waals surface area (Å²) in [4.78, 5) is 24.4. The summed E-state index contributed by atoms with van der Waals surface area (Å²) in [6, 6.07) is 0. The predicted molar refractivity (Wildman–Crippen MR) is 90.4 cm³/mol. The van der Waals surface area contributed by atoms with Gasteiger partial charge < -0.3 is 4.74 Å². The maximum atomic E-state index is 12.4. The molecule has 0 amide bonds. The lowest BCUT2D eigenvalue weighted by atomic mass is 9.44. The molecule has 24 heavy (non-hydrogen) atoms. The van der Waals surface area contributed by atoms with Gasteiger partial charge in [0.15, 0.2) is 11.4 Å². The highest BCUT2D eigenvalue weighted by Crippen LogP contribution is 2.73. The second-order valence-electron chi connectivity index (χ2n) is 9.99. The van der Waals surface area contributed by atoms with Crippen molar-refractivity contribution in [3.05, 3.63) is 0 Å². The summed E-state index contributed by atoms with van der Waals surface area (Å²) < 4.78 is 6.01. The van der Waals surface area contributed by atoms with Gasteiger partial charge in [-0.3, -0.25) is 9.59 Å². The molecule has 3 heteroatoms. The van der Waals surface area contributed by atoms with Gasteiger partial charge in [-0.25, -0.2) is 0 Å². The largest absolute Gasteiger partial charge is 0.357 e. The van der Waals surface area contributed by atoms with E-state index in [-0.39, 0.29) is 17.3 Å². The van der Waals surface area contributed by atoms with Crippen LogP contribution in [0.4, 0.5) is 0 Å². The minimum Gasteiger partial charge on any atom is -0.357 e. The summed E-state index contributed by atoms with van der Waals surface area (Å²) in [5.74, 6) is 3.50. The van der Waals surface area contributed by atoms with E-state index in [2.05, 4.69) is 13.8 Å². The van der Waals surface area contributed by atoms with Crippen LogP contribution in [0.15, 0.2) is 0 Å². The van der Waals surface area contributed by atoms with Gasteiger partial charge in [-0.15, -0.1) is 0 Å². The van der Waals surface area contributed by atoms with Crippen molar-refractivity contribution in [3.63, 3.8) is 0 Å². The van der Waals surface area contributed by atoms with Gasteiger partial charge in [-0.2, -0.15) is 0 Å². The zero-order valence-electron chi connectivity index (χ0n) is 15.3. The van der Waals surface area contributed by atoms with Crippen molar-refractivity contribution in [2.75, 3.05) is 0 Å². The van der Waals surface area contributed by atoms with E-state index in [4.69, 9.17) is 4.74 Å². The van der Waals surface area contributed by atoms with Crippen LogP contribution in [-0.4, -0.2) is 23.3 Å². The summed E-state index contributed by atoms with van der Waals surface area (Å²) in [7, 11) is 0. The van der Waals surface area contributed by atoms with Crippen LogP contribution in [-0.2, 0) is 14.3 Å². The van der Waals surface area contributed by atoms with Gasteiger partial charge in [0, 0.05) is 18.3 Å². The summed E-state index contributed by atoms with van der Waals surface area (Å²) in [6.45, 7) is 6.57. The quantitative estimate of drug-likeness (QED) is 0.684. The van der Waals surface area contributed by atoms with Gasteiger partial charge in [0.2, 0.25) is 0 Å². The van der Waals surface area contributed by atoms with Crippen molar-refractivity contribution in [1.29, 1.82) is 0 Å². The number of Topliss-reactive ketones (excluding diaryl/α,β-unsaturated/α-hetero) is 2. The Labute approximate surface area is 144 Å². The molecule has 4 aliphatic carbocycles. The lowest BCUT2D eigenvalue weighted by Gasteiger charge is -2.60. The first kappa shape index (κ1) is 15.5. The van der Waals surface area contributed by atoms with E-state index < -0.39 is 5.60 Å². The molecule has 0 radical (unpaired) electrons. The fourth-order valence-corrected chi connectivity index (χ4v) is 8.11. The van der Waals surface area contributed by atoms with Crippen LogP contribution in [0.3, 0.4) is 0 Å². The SMILES string of the molecule is CC(=O)[C@]12O[C@H]1C[C@@H]1[C@@H]3CC[C@H]4CC(=O)CC[C@]4(C)[C@@H]3CC[C@]12C.